The fraction of sp³-hybridized carbons (Fsp3) is 0.292. The SMILES string of the molecule is O=C(NCc1cc(-c2ccc(C(F)(F)F)nc2)nc(-c2ccc(C(F)(F)F)nc2)c1)[C@@H]1C[C@@H](F)CN1C(=O)[O-]. The Morgan fingerprint density at radius 2 is 1.44 bits per heavy atom. The number of aromatic nitrogens is 3. The summed E-state index contributed by atoms with van der Waals surface area (Å²) in [4.78, 5) is 35.4. The van der Waals surface area contributed by atoms with E-state index in [0.29, 0.717) is 10.5 Å². The summed E-state index contributed by atoms with van der Waals surface area (Å²) >= 11 is 0. The average molecular weight is 556 g/mol. The predicted molar refractivity (Wildman–Crippen MR) is 118 cm³/mol. The van der Waals surface area contributed by atoms with Crippen molar-refractivity contribution in [1.82, 2.24) is 25.2 Å². The summed E-state index contributed by atoms with van der Waals surface area (Å²) < 4.78 is 91.2. The number of hydrogen-bond donors (Lipinski definition) is 1. The number of pyridine rings is 3. The first-order chi connectivity index (χ1) is 18.2. The van der Waals surface area contributed by atoms with Gasteiger partial charge in [0.15, 0.2) is 0 Å². The summed E-state index contributed by atoms with van der Waals surface area (Å²) in [6.07, 6.45) is -11.2. The molecule has 8 nitrogen and oxygen atoms in total. The van der Waals surface area contributed by atoms with Crippen LogP contribution in [0.2, 0.25) is 0 Å². The molecule has 39 heavy (non-hydrogen) atoms. The minimum absolute atomic E-state index is 0.0823. The van der Waals surface area contributed by atoms with Crippen LogP contribution in [0.1, 0.15) is 23.4 Å². The zero-order valence-electron chi connectivity index (χ0n) is 19.6. The zero-order chi connectivity index (χ0) is 28.5. The van der Waals surface area contributed by atoms with Crippen LogP contribution in [-0.4, -0.2) is 50.6 Å². The fourth-order valence-electron chi connectivity index (χ4n) is 3.95. The second kappa shape index (κ2) is 10.5. The van der Waals surface area contributed by atoms with E-state index in [9.17, 15) is 45.4 Å². The van der Waals surface area contributed by atoms with Crippen molar-refractivity contribution in [2.24, 2.45) is 0 Å². The molecule has 0 aliphatic carbocycles. The summed E-state index contributed by atoms with van der Waals surface area (Å²) in [7, 11) is 0. The topological polar surface area (TPSA) is 111 Å². The number of carbonyl (C=O) groups excluding carboxylic acids is 2. The Morgan fingerprint density at radius 1 is 0.923 bits per heavy atom. The van der Waals surface area contributed by atoms with Crippen LogP contribution in [0.15, 0.2) is 48.8 Å². The largest absolute Gasteiger partial charge is 0.530 e. The second-order valence-electron chi connectivity index (χ2n) is 8.59. The highest BCUT2D eigenvalue weighted by Crippen LogP contribution is 2.31. The zero-order valence-corrected chi connectivity index (χ0v) is 19.6. The van der Waals surface area contributed by atoms with Gasteiger partial charge < -0.3 is 20.1 Å². The van der Waals surface area contributed by atoms with Crippen LogP contribution in [0, 0.1) is 0 Å². The van der Waals surface area contributed by atoms with Gasteiger partial charge >= 0.3 is 12.4 Å². The lowest BCUT2D eigenvalue weighted by molar-refractivity contribution is -0.266. The van der Waals surface area contributed by atoms with Gasteiger partial charge in [-0.05, 0) is 42.0 Å². The highest BCUT2D eigenvalue weighted by Gasteiger charge is 2.37. The van der Waals surface area contributed by atoms with Crippen LogP contribution in [-0.2, 0) is 23.7 Å². The van der Waals surface area contributed by atoms with Crippen LogP contribution < -0.4 is 10.4 Å². The molecule has 0 unspecified atom stereocenters. The highest BCUT2D eigenvalue weighted by atomic mass is 19.4. The van der Waals surface area contributed by atoms with Crippen molar-refractivity contribution in [3.63, 3.8) is 0 Å². The smallest absolute Gasteiger partial charge is 0.433 e. The van der Waals surface area contributed by atoms with Gasteiger partial charge in [-0.15, -0.1) is 0 Å². The lowest BCUT2D eigenvalue weighted by atomic mass is 10.1. The second-order valence-corrected chi connectivity index (χ2v) is 8.59. The number of rotatable bonds is 5. The maximum absolute atomic E-state index is 13.7. The molecule has 4 rings (SSSR count). The molecular formula is C24H17F7N5O3-. The predicted octanol–water partition coefficient (Wildman–Crippen LogP) is 3.62. The number of alkyl halides is 7. The van der Waals surface area contributed by atoms with Crippen LogP contribution in [0.3, 0.4) is 0 Å². The number of carbonyl (C=O) groups is 2. The standard InChI is InChI=1S/C24H18F7N5O3/c25-15-7-18(36(11-15)22(38)39)21(37)34-8-12-5-16(13-1-3-19(32-9-13)23(26,27)28)35-17(6-12)14-2-4-20(33-10-14)24(29,30)31/h1-6,9-10,15,18H,7-8,11H2,(H,34,37)(H,38,39)/p-1/t15-,18+/m1/s1. The van der Waals surface area contributed by atoms with Crippen molar-refractivity contribution in [2.75, 3.05) is 6.54 Å². The number of nitrogens with one attached hydrogen (secondary N) is 1. The monoisotopic (exact) mass is 556 g/mol. The Morgan fingerprint density at radius 3 is 1.85 bits per heavy atom. The minimum atomic E-state index is -4.69. The van der Waals surface area contributed by atoms with E-state index in [0.717, 1.165) is 36.7 Å². The van der Waals surface area contributed by atoms with E-state index in [1.165, 1.54) is 12.1 Å². The number of nitrogens with zero attached hydrogens (tertiary/aromatic N) is 4. The van der Waals surface area contributed by atoms with Crippen molar-refractivity contribution >= 4 is 12.0 Å². The molecule has 3 aromatic heterocycles. The normalized spacial score (nSPS) is 17.8. The van der Waals surface area contributed by atoms with E-state index in [-0.39, 0.29) is 35.5 Å². The van der Waals surface area contributed by atoms with Crippen LogP contribution in [0.5, 0.6) is 0 Å². The molecule has 1 aliphatic heterocycles. The Kier molecular flexibility index (Phi) is 7.44. The molecular weight excluding hydrogens is 539 g/mol. The van der Waals surface area contributed by atoms with Gasteiger partial charge in [0.2, 0.25) is 5.91 Å². The summed E-state index contributed by atoms with van der Waals surface area (Å²) in [5.74, 6) is -0.813. The molecule has 2 atom stereocenters. The number of halogens is 7. The van der Waals surface area contributed by atoms with Gasteiger partial charge in [-0.1, -0.05) is 0 Å². The molecule has 0 aromatic carbocycles. The molecule has 15 heteroatoms. The van der Waals surface area contributed by atoms with E-state index < -0.39 is 54.5 Å². The summed E-state index contributed by atoms with van der Waals surface area (Å²) in [5.41, 5.74) is -1.56. The third-order valence-corrected chi connectivity index (χ3v) is 5.84. The molecule has 4 heterocycles. The van der Waals surface area contributed by atoms with Crippen LogP contribution in [0.4, 0.5) is 35.5 Å². The van der Waals surface area contributed by atoms with Crippen LogP contribution >= 0.6 is 0 Å². The van der Waals surface area contributed by atoms with E-state index in [4.69, 9.17) is 0 Å². The lowest BCUT2D eigenvalue weighted by Gasteiger charge is -2.25. The first-order valence-electron chi connectivity index (χ1n) is 11.2. The highest BCUT2D eigenvalue weighted by molar-refractivity contribution is 5.85. The van der Waals surface area contributed by atoms with E-state index in [2.05, 4.69) is 20.3 Å². The molecule has 1 saturated heterocycles. The maximum atomic E-state index is 13.7. The van der Waals surface area contributed by atoms with Gasteiger partial charge in [0.25, 0.3) is 0 Å². The molecule has 1 fully saturated rings. The quantitative estimate of drug-likeness (QED) is 0.481. The summed E-state index contributed by atoms with van der Waals surface area (Å²) in [6.45, 7) is -0.774. The van der Waals surface area contributed by atoms with Crippen molar-refractivity contribution < 1.29 is 45.4 Å². The average Bonchev–Trinajstić information content (AvgIpc) is 3.28. The number of likely N-dealkylation sites (tertiary alicyclic amines) is 1. The molecule has 0 saturated carbocycles. The Hall–Kier alpha value is -4.30. The summed E-state index contributed by atoms with van der Waals surface area (Å²) in [6, 6.07) is 5.13. The Balaban J connectivity index is 1.65. The fourth-order valence-corrected chi connectivity index (χ4v) is 3.95. The van der Waals surface area contributed by atoms with Gasteiger partial charge in [-0.3, -0.25) is 14.8 Å². The molecule has 0 bridgehead atoms. The van der Waals surface area contributed by atoms with Gasteiger partial charge in [0.05, 0.1) is 17.9 Å². The number of amides is 2. The number of carboxylic acid groups (broad SMARTS) is 1. The van der Waals surface area contributed by atoms with Crippen molar-refractivity contribution in [2.45, 2.75) is 37.5 Å². The molecule has 1 aliphatic rings. The van der Waals surface area contributed by atoms with Gasteiger partial charge in [0, 0.05) is 36.5 Å². The number of hydrogen-bond acceptors (Lipinski definition) is 6. The Labute approximate surface area is 215 Å². The third kappa shape index (κ3) is 6.41. The van der Waals surface area contributed by atoms with Gasteiger partial charge in [-0.25, -0.2) is 9.37 Å². The first kappa shape index (κ1) is 27.7. The minimum Gasteiger partial charge on any atom is -0.530 e. The van der Waals surface area contributed by atoms with Gasteiger partial charge in [-0.2, -0.15) is 26.3 Å². The van der Waals surface area contributed by atoms with Crippen molar-refractivity contribution in [3.05, 3.63) is 65.7 Å². The summed E-state index contributed by atoms with van der Waals surface area (Å²) in [5, 5.41) is 13.7. The van der Waals surface area contributed by atoms with E-state index in [1.54, 1.807) is 0 Å². The molecule has 3 aromatic rings. The lowest BCUT2D eigenvalue weighted by Crippen LogP contribution is -2.50. The van der Waals surface area contributed by atoms with Crippen molar-refractivity contribution in [1.29, 1.82) is 0 Å². The molecule has 0 radical (unpaired) electrons. The van der Waals surface area contributed by atoms with Gasteiger partial charge in [0.1, 0.15) is 29.7 Å². The van der Waals surface area contributed by atoms with Crippen molar-refractivity contribution in [3.8, 4) is 22.5 Å². The molecule has 1 N–H and O–H groups in total. The van der Waals surface area contributed by atoms with E-state index >= 15 is 0 Å². The maximum Gasteiger partial charge on any atom is 0.433 e. The molecule has 206 valence electrons. The first-order valence-corrected chi connectivity index (χ1v) is 11.2. The molecule has 2 amide bonds. The Bertz CT molecular complexity index is 1290. The van der Waals surface area contributed by atoms with Crippen LogP contribution in [0.25, 0.3) is 22.5 Å². The third-order valence-electron chi connectivity index (χ3n) is 5.84. The molecule has 0 spiro atoms. The van der Waals surface area contributed by atoms with E-state index in [1.807, 2.05) is 0 Å².